The monoisotopic (exact) mass is 234 g/mol. The summed E-state index contributed by atoms with van der Waals surface area (Å²) in [4.78, 5) is 0. The molecule has 1 saturated heterocycles. The lowest BCUT2D eigenvalue weighted by atomic mass is 10.0. The normalized spacial score (nSPS) is 26.8. The fourth-order valence-electron chi connectivity index (χ4n) is 2.79. The molecule has 3 rings (SSSR count). The maximum atomic E-state index is 13.3. The molecule has 1 aromatic carbocycles. The van der Waals surface area contributed by atoms with Crippen LogP contribution in [0.4, 0.5) is 4.39 Å². The molecule has 2 fully saturated rings. The Hall–Kier alpha value is -0.930. The van der Waals surface area contributed by atoms with E-state index in [4.69, 9.17) is 0 Å². The van der Waals surface area contributed by atoms with Gasteiger partial charge >= 0.3 is 0 Å². The Morgan fingerprint density at radius 2 is 2.24 bits per heavy atom. The Kier molecular flexibility index (Phi) is 2.89. The largest absolute Gasteiger partial charge is 0.315 e. The maximum absolute atomic E-state index is 13.3. The van der Waals surface area contributed by atoms with E-state index < -0.39 is 0 Å². The van der Waals surface area contributed by atoms with Gasteiger partial charge in [-0.2, -0.15) is 0 Å². The summed E-state index contributed by atoms with van der Waals surface area (Å²) in [5, 5.41) is 7.13. The van der Waals surface area contributed by atoms with Gasteiger partial charge in [-0.25, -0.2) is 4.39 Å². The Bertz CT molecular complexity index is 395. The summed E-state index contributed by atoms with van der Waals surface area (Å²) in [7, 11) is 0. The van der Waals surface area contributed by atoms with Crippen LogP contribution in [-0.2, 0) is 5.54 Å². The highest BCUT2D eigenvalue weighted by molar-refractivity contribution is 5.30. The molecule has 2 aliphatic rings. The van der Waals surface area contributed by atoms with Gasteiger partial charge in [-0.05, 0) is 49.9 Å². The molecule has 3 heteroatoms. The smallest absolute Gasteiger partial charge is 0.123 e. The molecular weight excluding hydrogens is 215 g/mol. The predicted octanol–water partition coefficient (Wildman–Crippen LogP) is 2.16. The van der Waals surface area contributed by atoms with Gasteiger partial charge in [0.05, 0.1) is 0 Å². The minimum Gasteiger partial charge on any atom is -0.315 e. The Morgan fingerprint density at radius 3 is 2.88 bits per heavy atom. The van der Waals surface area contributed by atoms with Crippen LogP contribution in [0.25, 0.3) is 0 Å². The van der Waals surface area contributed by atoms with Crippen LogP contribution in [0, 0.1) is 5.82 Å². The van der Waals surface area contributed by atoms with Gasteiger partial charge in [0.2, 0.25) is 0 Å². The Balaban J connectivity index is 1.73. The molecule has 1 aliphatic carbocycles. The second kappa shape index (κ2) is 4.39. The summed E-state index contributed by atoms with van der Waals surface area (Å²) >= 11 is 0. The molecule has 1 atom stereocenters. The third-order valence-electron chi connectivity index (χ3n) is 3.90. The van der Waals surface area contributed by atoms with Gasteiger partial charge in [0.1, 0.15) is 5.82 Å². The van der Waals surface area contributed by atoms with Gasteiger partial charge in [-0.1, -0.05) is 12.1 Å². The first-order valence-electron chi connectivity index (χ1n) is 6.53. The molecule has 0 aromatic heterocycles. The van der Waals surface area contributed by atoms with E-state index in [1.54, 1.807) is 6.07 Å². The first-order chi connectivity index (χ1) is 8.28. The topological polar surface area (TPSA) is 24.1 Å². The van der Waals surface area contributed by atoms with Crippen LogP contribution in [0.1, 0.15) is 31.2 Å². The van der Waals surface area contributed by atoms with E-state index in [9.17, 15) is 4.39 Å². The molecule has 0 spiro atoms. The summed E-state index contributed by atoms with van der Waals surface area (Å²) in [5.74, 6) is -0.127. The van der Waals surface area contributed by atoms with Crippen LogP contribution < -0.4 is 10.6 Å². The molecule has 0 radical (unpaired) electrons. The zero-order chi connectivity index (χ0) is 11.7. The molecule has 1 aliphatic heterocycles. The highest BCUT2D eigenvalue weighted by Crippen LogP contribution is 2.46. The van der Waals surface area contributed by atoms with Crippen molar-refractivity contribution in [2.24, 2.45) is 0 Å². The summed E-state index contributed by atoms with van der Waals surface area (Å²) in [6.07, 6.45) is 4.72. The minimum atomic E-state index is -0.127. The van der Waals surface area contributed by atoms with Crippen molar-refractivity contribution in [3.63, 3.8) is 0 Å². The Labute approximate surface area is 102 Å². The predicted molar refractivity (Wildman–Crippen MR) is 66.3 cm³/mol. The molecule has 1 unspecified atom stereocenters. The number of hydrogen-bond donors (Lipinski definition) is 2. The number of hydrogen-bond acceptors (Lipinski definition) is 2. The van der Waals surface area contributed by atoms with Crippen molar-refractivity contribution in [2.45, 2.75) is 37.3 Å². The van der Waals surface area contributed by atoms with E-state index in [1.807, 2.05) is 12.1 Å². The second-order valence-electron chi connectivity index (χ2n) is 5.28. The van der Waals surface area contributed by atoms with Gasteiger partial charge in [0.15, 0.2) is 0 Å². The van der Waals surface area contributed by atoms with Crippen molar-refractivity contribution in [3.05, 3.63) is 35.6 Å². The van der Waals surface area contributed by atoms with E-state index in [1.165, 1.54) is 18.9 Å². The van der Waals surface area contributed by atoms with Crippen molar-refractivity contribution in [3.8, 4) is 0 Å². The fraction of sp³-hybridized carbons (Fsp3) is 0.571. The molecule has 1 heterocycles. The average molecular weight is 234 g/mol. The van der Waals surface area contributed by atoms with Crippen LogP contribution in [-0.4, -0.2) is 19.1 Å². The molecule has 0 amide bonds. The summed E-state index contributed by atoms with van der Waals surface area (Å²) < 4.78 is 13.3. The van der Waals surface area contributed by atoms with Crippen molar-refractivity contribution in [1.82, 2.24) is 10.6 Å². The third-order valence-corrected chi connectivity index (χ3v) is 3.90. The fourth-order valence-corrected chi connectivity index (χ4v) is 2.79. The van der Waals surface area contributed by atoms with Gasteiger partial charge in [0.25, 0.3) is 0 Å². The first-order valence-corrected chi connectivity index (χ1v) is 6.53. The average Bonchev–Trinajstić information content (AvgIpc) is 3.11. The van der Waals surface area contributed by atoms with E-state index >= 15 is 0 Å². The van der Waals surface area contributed by atoms with Crippen LogP contribution >= 0.6 is 0 Å². The highest BCUT2D eigenvalue weighted by atomic mass is 19.1. The molecule has 17 heavy (non-hydrogen) atoms. The number of benzene rings is 1. The highest BCUT2D eigenvalue weighted by Gasteiger charge is 2.45. The number of rotatable bonds is 3. The van der Waals surface area contributed by atoms with Gasteiger partial charge in [-0.3, -0.25) is 0 Å². The lowest BCUT2D eigenvalue weighted by molar-refractivity contribution is 0.342. The van der Waals surface area contributed by atoms with E-state index in [2.05, 4.69) is 10.6 Å². The second-order valence-corrected chi connectivity index (χ2v) is 5.28. The lowest BCUT2D eigenvalue weighted by Gasteiger charge is -2.29. The van der Waals surface area contributed by atoms with E-state index in [0.29, 0.717) is 6.04 Å². The van der Waals surface area contributed by atoms with E-state index in [0.717, 1.165) is 31.5 Å². The molecular formula is C14H19FN2. The first kappa shape index (κ1) is 11.2. The maximum Gasteiger partial charge on any atom is 0.123 e. The van der Waals surface area contributed by atoms with Crippen LogP contribution in [0.3, 0.4) is 0 Å². The third kappa shape index (κ3) is 2.35. The zero-order valence-corrected chi connectivity index (χ0v) is 10.0. The summed E-state index contributed by atoms with van der Waals surface area (Å²) in [5.41, 5.74) is 1.18. The summed E-state index contributed by atoms with van der Waals surface area (Å²) in [6.45, 7) is 2.17. The van der Waals surface area contributed by atoms with Crippen molar-refractivity contribution in [1.29, 1.82) is 0 Å². The van der Waals surface area contributed by atoms with Crippen LogP contribution in [0.5, 0.6) is 0 Å². The van der Waals surface area contributed by atoms with Crippen molar-refractivity contribution in [2.75, 3.05) is 13.1 Å². The van der Waals surface area contributed by atoms with Gasteiger partial charge < -0.3 is 10.6 Å². The molecule has 92 valence electrons. The molecule has 0 bridgehead atoms. The number of halogens is 1. The van der Waals surface area contributed by atoms with Crippen molar-refractivity contribution >= 4 is 0 Å². The van der Waals surface area contributed by atoms with Gasteiger partial charge in [-0.15, -0.1) is 0 Å². The van der Waals surface area contributed by atoms with E-state index in [-0.39, 0.29) is 11.4 Å². The summed E-state index contributed by atoms with van der Waals surface area (Å²) in [6, 6.07) is 7.58. The minimum absolute atomic E-state index is 0.0613. The SMILES string of the molecule is Fc1cccc(C2(NC3CCCNC3)CC2)c1. The Morgan fingerprint density at radius 1 is 1.35 bits per heavy atom. The van der Waals surface area contributed by atoms with Crippen LogP contribution in [0.2, 0.25) is 0 Å². The molecule has 2 N–H and O–H groups in total. The lowest BCUT2D eigenvalue weighted by Crippen LogP contribution is -2.47. The van der Waals surface area contributed by atoms with Crippen molar-refractivity contribution < 1.29 is 4.39 Å². The molecule has 1 aromatic rings. The number of piperidine rings is 1. The van der Waals surface area contributed by atoms with Crippen LogP contribution in [0.15, 0.2) is 24.3 Å². The molecule has 1 saturated carbocycles. The standard InChI is InChI=1S/C14H19FN2/c15-12-4-1-3-11(9-12)14(6-7-14)17-13-5-2-8-16-10-13/h1,3-4,9,13,16-17H,2,5-8,10H2. The number of nitrogens with one attached hydrogen (secondary N) is 2. The molecule has 2 nitrogen and oxygen atoms in total. The quantitative estimate of drug-likeness (QED) is 0.837. The zero-order valence-electron chi connectivity index (χ0n) is 10.0. The van der Waals surface area contributed by atoms with Gasteiger partial charge in [0, 0.05) is 18.1 Å².